The number of phenols is 1. The summed E-state index contributed by atoms with van der Waals surface area (Å²) in [4.78, 5) is 27.6. The van der Waals surface area contributed by atoms with E-state index in [4.69, 9.17) is 9.39 Å². The minimum atomic E-state index is -5.17. The van der Waals surface area contributed by atoms with Gasteiger partial charge in [0.15, 0.2) is 0 Å². The van der Waals surface area contributed by atoms with Crippen LogP contribution in [0.1, 0.15) is 35.6 Å². The van der Waals surface area contributed by atoms with E-state index in [9.17, 15) is 46.1 Å². The number of carbonyl (C=O) groups excluding carboxylic acids is 2. The van der Waals surface area contributed by atoms with Crippen LogP contribution in [0.2, 0.25) is 0 Å². The zero-order chi connectivity index (χ0) is 29.1. The van der Waals surface area contributed by atoms with Gasteiger partial charge in [-0.15, -0.1) is 0 Å². The largest absolute Gasteiger partial charge is 0.508 e. The Kier molecular flexibility index (Phi) is 7.00. The molecule has 0 unspecified atom stereocenters. The van der Waals surface area contributed by atoms with Crippen LogP contribution >= 0.6 is 0 Å². The number of hydrogen-bond donors (Lipinski definition) is 2. The van der Waals surface area contributed by atoms with Crippen molar-refractivity contribution in [3.8, 4) is 5.75 Å². The van der Waals surface area contributed by atoms with Crippen molar-refractivity contribution < 1.29 is 55.5 Å². The van der Waals surface area contributed by atoms with Crippen molar-refractivity contribution in [2.24, 2.45) is 17.8 Å². The lowest BCUT2D eigenvalue weighted by Gasteiger charge is -2.42. The van der Waals surface area contributed by atoms with E-state index in [1.165, 1.54) is 19.2 Å². The summed E-state index contributed by atoms with van der Waals surface area (Å²) in [6.45, 7) is -0.0391. The van der Waals surface area contributed by atoms with Gasteiger partial charge in [0.2, 0.25) is 11.8 Å². The van der Waals surface area contributed by atoms with Gasteiger partial charge in [-0.2, -0.15) is 26.3 Å². The van der Waals surface area contributed by atoms with Gasteiger partial charge in [0.05, 0.1) is 41.4 Å². The molecular formula is C26H22BF6NO6. The smallest absolute Gasteiger partial charge is 0.487 e. The molecule has 0 saturated carbocycles. The fourth-order valence-electron chi connectivity index (χ4n) is 5.94. The van der Waals surface area contributed by atoms with E-state index in [1.807, 2.05) is 0 Å². The molecule has 3 aliphatic rings. The molecule has 2 amide bonds. The van der Waals surface area contributed by atoms with Crippen molar-refractivity contribution in [2.45, 2.75) is 31.3 Å². The maximum absolute atomic E-state index is 13.7. The van der Waals surface area contributed by atoms with E-state index < -0.39 is 72.0 Å². The summed E-state index contributed by atoms with van der Waals surface area (Å²) in [6.07, 6.45) is -11.1. The molecule has 0 radical (unpaired) electrons. The highest BCUT2D eigenvalue weighted by molar-refractivity contribution is 6.53. The normalized spacial score (nSPS) is 25.4. The Morgan fingerprint density at radius 1 is 0.975 bits per heavy atom. The number of alkyl halides is 6. The van der Waals surface area contributed by atoms with Gasteiger partial charge in [-0.25, -0.2) is 4.90 Å². The van der Waals surface area contributed by atoms with Crippen molar-refractivity contribution in [2.75, 3.05) is 18.6 Å². The third-order valence-corrected chi connectivity index (χ3v) is 7.63. The van der Waals surface area contributed by atoms with Crippen molar-refractivity contribution in [3.63, 3.8) is 0 Å². The van der Waals surface area contributed by atoms with Gasteiger partial charge in [0, 0.05) is 7.11 Å². The second-order valence-corrected chi connectivity index (χ2v) is 10.0. The summed E-state index contributed by atoms with van der Waals surface area (Å²) in [5.74, 6) is -4.99. The number of hydrogen-bond acceptors (Lipinski definition) is 6. The minimum absolute atomic E-state index is 0.0210. The molecule has 2 saturated heterocycles. The number of nitrogens with zero attached hydrogens (tertiary/aromatic N) is 1. The first kappa shape index (κ1) is 28.2. The second-order valence-electron chi connectivity index (χ2n) is 10.0. The van der Waals surface area contributed by atoms with Gasteiger partial charge in [-0.05, 0) is 65.7 Å². The lowest BCUT2D eigenvalue weighted by Crippen LogP contribution is -2.45. The average molecular weight is 569 g/mol. The zero-order valence-corrected chi connectivity index (χ0v) is 20.8. The number of carbonyl (C=O) groups is 2. The van der Waals surface area contributed by atoms with Crippen LogP contribution in [0.25, 0.3) is 0 Å². The Morgan fingerprint density at radius 3 is 2.12 bits per heavy atom. The molecular weight excluding hydrogens is 547 g/mol. The third kappa shape index (κ3) is 4.88. The van der Waals surface area contributed by atoms with Gasteiger partial charge in [-0.3, -0.25) is 9.59 Å². The molecule has 40 heavy (non-hydrogen) atoms. The van der Waals surface area contributed by atoms with Crippen molar-refractivity contribution in [1.29, 1.82) is 0 Å². The number of rotatable bonds is 4. The number of methoxy groups -OCH3 is 1. The van der Waals surface area contributed by atoms with Crippen LogP contribution in [0.15, 0.2) is 53.5 Å². The molecule has 0 spiro atoms. The van der Waals surface area contributed by atoms with Gasteiger partial charge in [0.25, 0.3) is 0 Å². The van der Waals surface area contributed by atoms with Gasteiger partial charge in [0.1, 0.15) is 5.75 Å². The molecule has 2 fully saturated rings. The summed E-state index contributed by atoms with van der Waals surface area (Å²) >= 11 is 0. The maximum atomic E-state index is 13.7. The molecule has 7 nitrogen and oxygen atoms in total. The Labute approximate surface area is 224 Å². The van der Waals surface area contributed by atoms with Crippen LogP contribution in [0.4, 0.5) is 32.0 Å². The molecule has 2 N–H and O–H groups in total. The number of benzene rings is 2. The van der Waals surface area contributed by atoms with E-state index in [1.54, 1.807) is 12.1 Å². The summed E-state index contributed by atoms with van der Waals surface area (Å²) in [5, 5.41) is 20.6. The lowest BCUT2D eigenvalue weighted by molar-refractivity contribution is -0.143. The van der Waals surface area contributed by atoms with Crippen LogP contribution in [-0.2, 0) is 31.3 Å². The SMILES string of the molecule is COCC1=C2B(O)O[C@H](c3ccc(O)cc3)C[C@H]2[C@H]2C(=O)N(c3cc(C(F)(F)F)cc(C(F)(F)F)c3)C(=O)[C@H]2C1. The van der Waals surface area contributed by atoms with Crippen LogP contribution < -0.4 is 4.90 Å². The number of halogens is 6. The van der Waals surface area contributed by atoms with Crippen molar-refractivity contribution >= 4 is 24.6 Å². The monoisotopic (exact) mass is 569 g/mol. The van der Waals surface area contributed by atoms with Crippen molar-refractivity contribution in [3.05, 3.63) is 70.2 Å². The predicted octanol–water partition coefficient (Wildman–Crippen LogP) is 4.68. The number of fused-ring (bicyclic) bond motifs is 3. The standard InChI is InChI=1S/C26H22BF6NO6/c1-39-11-13-6-19-21(18-10-20(40-27(38)22(13)18)12-2-4-17(35)5-3-12)24(37)34(23(19)36)16-8-14(25(28,29)30)7-15(9-16)26(31,32)33/h2-5,7-9,18-21,35,38H,6,10-11H2,1H3/t18-,19-,20-,21+/m0/s1. The molecule has 2 aliphatic heterocycles. The van der Waals surface area contributed by atoms with E-state index in [0.29, 0.717) is 33.6 Å². The second kappa shape index (κ2) is 9.93. The van der Waals surface area contributed by atoms with E-state index in [2.05, 4.69) is 0 Å². The van der Waals surface area contributed by atoms with Gasteiger partial charge in [-0.1, -0.05) is 12.1 Å². The Morgan fingerprint density at radius 2 is 1.57 bits per heavy atom. The number of imide groups is 1. The van der Waals surface area contributed by atoms with Crippen LogP contribution in [-0.4, -0.2) is 42.8 Å². The number of anilines is 1. The molecule has 0 bridgehead atoms. The van der Waals surface area contributed by atoms with Crippen LogP contribution in [0.5, 0.6) is 5.75 Å². The summed E-state index contributed by atoms with van der Waals surface area (Å²) < 4.78 is 92.1. The fraction of sp³-hybridized carbons (Fsp3) is 0.385. The Bertz CT molecular complexity index is 1340. The van der Waals surface area contributed by atoms with E-state index in [-0.39, 0.29) is 31.3 Å². The number of aromatic hydroxyl groups is 1. The number of amides is 2. The van der Waals surface area contributed by atoms with Crippen LogP contribution in [0, 0.1) is 17.8 Å². The number of allylic oxidation sites excluding steroid dienone is 1. The highest BCUT2D eigenvalue weighted by Gasteiger charge is 2.58. The molecule has 2 heterocycles. The van der Waals surface area contributed by atoms with Gasteiger partial charge < -0.3 is 19.5 Å². The highest BCUT2D eigenvalue weighted by Crippen LogP contribution is 2.52. The van der Waals surface area contributed by atoms with Gasteiger partial charge >= 0.3 is 19.5 Å². The molecule has 14 heteroatoms. The quantitative estimate of drug-likeness (QED) is 0.316. The first-order valence-electron chi connectivity index (χ1n) is 12.2. The Balaban J connectivity index is 1.58. The van der Waals surface area contributed by atoms with Crippen molar-refractivity contribution in [1.82, 2.24) is 0 Å². The summed E-state index contributed by atoms with van der Waals surface area (Å²) in [5.41, 5.74) is -2.81. The Hall–Kier alpha value is -3.36. The first-order valence-corrected chi connectivity index (χ1v) is 12.2. The molecule has 4 atom stereocenters. The fourth-order valence-corrected chi connectivity index (χ4v) is 5.94. The molecule has 212 valence electrons. The van der Waals surface area contributed by atoms with E-state index in [0.717, 1.165) is 0 Å². The number of phenolic OH excluding ortho intramolecular Hbond substituents is 1. The lowest BCUT2D eigenvalue weighted by atomic mass is 9.55. The average Bonchev–Trinajstić information content (AvgIpc) is 3.12. The number of ether oxygens (including phenoxy) is 1. The molecule has 1 aliphatic carbocycles. The summed E-state index contributed by atoms with van der Waals surface area (Å²) in [6, 6.07) is 6.52. The molecule has 2 aromatic rings. The predicted molar refractivity (Wildman–Crippen MR) is 127 cm³/mol. The maximum Gasteiger partial charge on any atom is 0.487 e. The third-order valence-electron chi connectivity index (χ3n) is 7.63. The highest BCUT2D eigenvalue weighted by atomic mass is 19.4. The van der Waals surface area contributed by atoms with Crippen LogP contribution in [0.3, 0.4) is 0 Å². The molecule has 2 aromatic carbocycles. The molecule has 0 aromatic heterocycles. The summed E-state index contributed by atoms with van der Waals surface area (Å²) in [7, 11) is -0.134. The molecule has 5 rings (SSSR count). The topological polar surface area (TPSA) is 96.3 Å². The first-order chi connectivity index (χ1) is 18.7. The van der Waals surface area contributed by atoms with E-state index >= 15 is 0 Å². The minimum Gasteiger partial charge on any atom is -0.508 e. The zero-order valence-electron chi connectivity index (χ0n) is 20.8.